The van der Waals surface area contributed by atoms with Crippen LogP contribution >= 0.6 is 11.3 Å². The maximum Gasteiger partial charge on any atom is 0.345 e. The van der Waals surface area contributed by atoms with Crippen LogP contribution < -0.4 is 0 Å². The van der Waals surface area contributed by atoms with Gasteiger partial charge in [0.2, 0.25) is 0 Å². The molecule has 0 radical (unpaired) electrons. The number of carbonyl (C=O) groups is 1. The number of rotatable bonds is 6. The second kappa shape index (κ2) is 6.66. The van der Waals surface area contributed by atoms with Gasteiger partial charge in [0.1, 0.15) is 12.6 Å². The maximum absolute atomic E-state index is 12.8. The van der Waals surface area contributed by atoms with E-state index in [-0.39, 0.29) is 18.7 Å². The number of hydrogen-bond acceptors (Lipinski definition) is 6. The summed E-state index contributed by atoms with van der Waals surface area (Å²) in [6.07, 6.45) is 1.01. The molecule has 7 nitrogen and oxygen atoms in total. The zero-order chi connectivity index (χ0) is 18.3. The van der Waals surface area contributed by atoms with Crippen molar-refractivity contribution >= 4 is 27.5 Å². The standard InChI is InChI=1S/C17H18N2O5S2/c1-26(21,22)24-11-15-16-13(7-8-25-16)14-9-18(15)17(20)19(14)23-10-12-5-3-2-4-6-12/h2-8,14-15H,9-11H2,1H3. The van der Waals surface area contributed by atoms with E-state index in [1.54, 1.807) is 4.90 Å². The molecule has 2 unspecified atom stereocenters. The van der Waals surface area contributed by atoms with Crippen molar-refractivity contribution in [2.75, 3.05) is 19.4 Å². The molecule has 2 aliphatic rings. The molecule has 2 atom stereocenters. The van der Waals surface area contributed by atoms with Gasteiger partial charge in [0.25, 0.3) is 10.1 Å². The second-order valence-corrected chi connectivity index (χ2v) is 8.87. The second-order valence-electron chi connectivity index (χ2n) is 6.28. The number of carbonyl (C=O) groups excluding carboxylic acids is 1. The lowest BCUT2D eigenvalue weighted by molar-refractivity contribution is -0.141. The number of nitrogens with zero attached hydrogens (tertiary/aromatic N) is 2. The molecular weight excluding hydrogens is 376 g/mol. The predicted octanol–water partition coefficient (Wildman–Crippen LogP) is 2.69. The Morgan fingerprint density at radius 3 is 2.73 bits per heavy atom. The van der Waals surface area contributed by atoms with Crippen LogP contribution in [-0.2, 0) is 25.7 Å². The fraction of sp³-hybridized carbons (Fsp3) is 0.353. The average molecular weight is 394 g/mol. The molecule has 1 saturated heterocycles. The first-order chi connectivity index (χ1) is 12.4. The summed E-state index contributed by atoms with van der Waals surface area (Å²) in [4.78, 5) is 21.2. The molecule has 2 bridgehead atoms. The number of benzene rings is 1. The average Bonchev–Trinajstić information content (AvgIpc) is 3.19. The Labute approximate surface area is 155 Å². The van der Waals surface area contributed by atoms with Crippen LogP contribution in [0.4, 0.5) is 4.79 Å². The molecule has 2 aliphatic heterocycles. The molecule has 1 aromatic carbocycles. The lowest BCUT2D eigenvalue weighted by atomic mass is 10.0. The van der Waals surface area contributed by atoms with E-state index < -0.39 is 16.2 Å². The van der Waals surface area contributed by atoms with Crippen LogP contribution in [-0.4, -0.2) is 43.8 Å². The number of amides is 2. The molecule has 0 spiro atoms. The van der Waals surface area contributed by atoms with Crippen LogP contribution in [0.2, 0.25) is 0 Å². The SMILES string of the molecule is CS(=O)(=O)OCC1c2sccc2C2CN1C(=O)N2OCc1ccccc1. The van der Waals surface area contributed by atoms with E-state index in [4.69, 9.17) is 9.02 Å². The van der Waals surface area contributed by atoms with Gasteiger partial charge in [-0.3, -0.25) is 9.02 Å². The Morgan fingerprint density at radius 2 is 2.00 bits per heavy atom. The van der Waals surface area contributed by atoms with Crippen LogP contribution in [0.15, 0.2) is 41.8 Å². The highest BCUT2D eigenvalue weighted by Crippen LogP contribution is 2.46. The van der Waals surface area contributed by atoms with Gasteiger partial charge in [0.15, 0.2) is 0 Å². The third-order valence-electron chi connectivity index (χ3n) is 4.51. The van der Waals surface area contributed by atoms with Crippen LogP contribution in [0.3, 0.4) is 0 Å². The summed E-state index contributed by atoms with van der Waals surface area (Å²) in [6, 6.07) is 10.7. The molecule has 0 saturated carbocycles. The van der Waals surface area contributed by atoms with Crippen molar-refractivity contribution in [3.05, 3.63) is 57.8 Å². The quantitative estimate of drug-likeness (QED) is 0.704. The van der Waals surface area contributed by atoms with E-state index in [9.17, 15) is 13.2 Å². The highest BCUT2D eigenvalue weighted by molar-refractivity contribution is 7.85. The first kappa shape index (κ1) is 17.5. The molecule has 2 amide bonds. The van der Waals surface area contributed by atoms with Crippen molar-refractivity contribution in [2.45, 2.75) is 18.7 Å². The molecule has 1 fully saturated rings. The molecule has 3 heterocycles. The zero-order valence-electron chi connectivity index (χ0n) is 14.1. The van der Waals surface area contributed by atoms with E-state index in [0.717, 1.165) is 22.3 Å². The fourth-order valence-corrected chi connectivity index (χ4v) is 4.75. The number of hydroxylamine groups is 2. The van der Waals surface area contributed by atoms with Crippen molar-refractivity contribution in [2.24, 2.45) is 0 Å². The summed E-state index contributed by atoms with van der Waals surface area (Å²) < 4.78 is 27.7. The van der Waals surface area contributed by atoms with Crippen LogP contribution in [0.1, 0.15) is 28.1 Å². The molecule has 26 heavy (non-hydrogen) atoms. The van der Waals surface area contributed by atoms with Gasteiger partial charge < -0.3 is 4.90 Å². The third-order valence-corrected chi connectivity index (χ3v) is 6.10. The molecule has 0 N–H and O–H groups in total. The smallest absolute Gasteiger partial charge is 0.310 e. The largest absolute Gasteiger partial charge is 0.345 e. The van der Waals surface area contributed by atoms with Crippen LogP contribution in [0.25, 0.3) is 0 Å². The Balaban J connectivity index is 1.56. The minimum atomic E-state index is -3.58. The van der Waals surface area contributed by atoms with Gasteiger partial charge in [0, 0.05) is 4.88 Å². The van der Waals surface area contributed by atoms with E-state index in [1.807, 2.05) is 41.8 Å². The number of urea groups is 1. The third kappa shape index (κ3) is 3.23. The summed E-state index contributed by atoms with van der Waals surface area (Å²) in [5.74, 6) is 0. The molecule has 1 aromatic heterocycles. The zero-order valence-corrected chi connectivity index (χ0v) is 15.7. The minimum Gasteiger partial charge on any atom is -0.310 e. The Morgan fingerprint density at radius 1 is 1.23 bits per heavy atom. The van der Waals surface area contributed by atoms with Crippen molar-refractivity contribution in [3.63, 3.8) is 0 Å². The highest BCUT2D eigenvalue weighted by Gasteiger charge is 2.49. The van der Waals surface area contributed by atoms with E-state index in [0.29, 0.717) is 13.2 Å². The number of hydrogen-bond donors (Lipinski definition) is 0. The highest BCUT2D eigenvalue weighted by atomic mass is 32.2. The lowest BCUT2D eigenvalue weighted by Gasteiger charge is -2.29. The fourth-order valence-electron chi connectivity index (χ4n) is 3.32. The Kier molecular flexibility index (Phi) is 4.47. The van der Waals surface area contributed by atoms with E-state index >= 15 is 0 Å². The summed E-state index contributed by atoms with van der Waals surface area (Å²) in [7, 11) is -3.58. The van der Waals surface area contributed by atoms with Gasteiger partial charge in [-0.15, -0.1) is 11.3 Å². The predicted molar refractivity (Wildman–Crippen MR) is 95.8 cm³/mol. The Bertz CT molecular complexity index is 912. The van der Waals surface area contributed by atoms with Crippen molar-refractivity contribution in [3.8, 4) is 0 Å². The molecular formula is C17H18N2O5S2. The first-order valence-electron chi connectivity index (χ1n) is 8.12. The van der Waals surface area contributed by atoms with Gasteiger partial charge in [-0.2, -0.15) is 13.5 Å². The summed E-state index contributed by atoms with van der Waals surface area (Å²) in [5.41, 5.74) is 1.96. The topological polar surface area (TPSA) is 76.2 Å². The van der Waals surface area contributed by atoms with Crippen molar-refractivity contribution < 1.29 is 22.2 Å². The number of fused-ring (bicyclic) bond motifs is 4. The van der Waals surface area contributed by atoms with Gasteiger partial charge in [0.05, 0.1) is 25.4 Å². The van der Waals surface area contributed by atoms with Crippen LogP contribution in [0.5, 0.6) is 0 Å². The summed E-state index contributed by atoms with van der Waals surface area (Å²) in [6.45, 7) is 0.660. The summed E-state index contributed by atoms with van der Waals surface area (Å²) in [5, 5.41) is 3.35. The van der Waals surface area contributed by atoms with E-state index in [1.165, 1.54) is 16.4 Å². The van der Waals surface area contributed by atoms with Crippen molar-refractivity contribution in [1.82, 2.24) is 9.96 Å². The van der Waals surface area contributed by atoms with Gasteiger partial charge in [-0.05, 0) is 22.6 Å². The molecule has 2 aromatic rings. The maximum atomic E-state index is 12.8. The number of thiophene rings is 1. The van der Waals surface area contributed by atoms with Gasteiger partial charge in [-0.25, -0.2) is 4.79 Å². The Hall–Kier alpha value is -1.94. The molecule has 4 rings (SSSR count). The first-order valence-corrected chi connectivity index (χ1v) is 10.8. The monoisotopic (exact) mass is 394 g/mol. The lowest BCUT2D eigenvalue weighted by Crippen LogP contribution is -2.36. The summed E-state index contributed by atoms with van der Waals surface area (Å²) >= 11 is 1.50. The van der Waals surface area contributed by atoms with Crippen molar-refractivity contribution in [1.29, 1.82) is 0 Å². The molecule has 138 valence electrons. The van der Waals surface area contributed by atoms with Gasteiger partial charge >= 0.3 is 6.03 Å². The molecule has 0 aliphatic carbocycles. The van der Waals surface area contributed by atoms with Crippen LogP contribution in [0, 0.1) is 0 Å². The minimum absolute atomic E-state index is 0.0860. The van der Waals surface area contributed by atoms with E-state index in [2.05, 4.69) is 0 Å². The van der Waals surface area contributed by atoms with Gasteiger partial charge in [-0.1, -0.05) is 30.3 Å². The molecule has 9 heteroatoms. The normalized spacial score (nSPS) is 22.0.